The molecule has 0 aliphatic carbocycles. The third-order valence-corrected chi connectivity index (χ3v) is 22.5. The first-order chi connectivity index (χ1) is 54.8. The number of anilines is 2. The fourth-order valence-electron chi connectivity index (χ4n) is 11.1. The SMILES string of the molecule is CC(=O)CSC1=NN=C(c2cc(-c3ccc(N(C)C)cc3)cc([N+](=O)[O-])c2)C1.CC(=O)CSC1=NN=C(c2cc(-c3cccc(N(C)C)c3)cc([N+](=O)[O-])c2)C1.CC(=O)CSc1n[nH]c(-c2cc(-c3ccc4nccnc4c3)cc([N+](=O)[O-])c2)n1.CNS(=O)(=O)c1cccc(-c2cc(C3=NN=C(SCC(C)=O)C3)cc([N+](=O)[O-])c2)c1. The molecule has 3 aliphatic rings. The number of thioether (sulfide) groups is 4. The van der Waals surface area contributed by atoms with Gasteiger partial charge in [-0.05, 0) is 152 Å². The number of hydrogen-bond donors (Lipinski definition) is 2. The number of aromatic nitrogens is 5. The molecule has 0 bridgehead atoms. The number of fused-ring (bicyclic) bond motifs is 1. The molecule has 0 saturated heterocycles. The normalized spacial score (nSPS) is 12.7. The summed E-state index contributed by atoms with van der Waals surface area (Å²) in [7, 11) is 5.47. The first kappa shape index (κ1) is 84.9. The number of aromatic amines is 1. The lowest BCUT2D eigenvalue weighted by atomic mass is 9.98. The summed E-state index contributed by atoms with van der Waals surface area (Å²) in [5.41, 5.74) is 13.3. The molecule has 0 fully saturated rings. The monoisotopic (exact) mass is 1640 g/mol. The van der Waals surface area contributed by atoms with E-state index in [1.54, 1.807) is 48.8 Å². The van der Waals surface area contributed by atoms with Crippen molar-refractivity contribution in [3.63, 3.8) is 0 Å². The van der Waals surface area contributed by atoms with Gasteiger partial charge in [-0.2, -0.15) is 15.3 Å². The minimum Gasteiger partial charge on any atom is -0.378 e. The molecule has 0 spiro atoms. The second-order valence-electron chi connectivity index (χ2n) is 26.1. The Morgan fingerprint density at radius 2 is 0.791 bits per heavy atom. The number of sulfonamides is 1. The summed E-state index contributed by atoms with van der Waals surface area (Å²) in [4.78, 5) is 106. The van der Waals surface area contributed by atoms with Crippen molar-refractivity contribution in [2.45, 2.75) is 57.0 Å². The first-order valence-corrected chi connectivity index (χ1v) is 40.1. The number of ketones is 4. The Labute approximate surface area is 675 Å². The molecule has 3 aliphatic heterocycles. The molecule has 13 rings (SSSR count). The summed E-state index contributed by atoms with van der Waals surface area (Å²) in [6, 6.07) is 46.5. The number of non-ortho nitro benzene ring substituents is 4. The van der Waals surface area contributed by atoms with Crippen LogP contribution in [-0.2, 0) is 29.2 Å². The molecule has 2 N–H and O–H groups in total. The first-order valence-electron chi connectivity index (χ1n) is 34.7. The summed E-state index contributed by atoms with van der Waals surface area (Å²) >= 11 is 5.20. The third-order valence-electron chi connectivity index (χ3n) is 16.7. The Bertz CT molecular complexity index is 5810. The van der Waals surface area contributed by atoms with Crippen molar-refractivity contribution >= 4 is 158 Å². The zero-order chi connectivity index (χ0) is 82.8. The molecule has 0 radical (unpaired) electrons. The van der Waals surface area contributed by atoms with Crippen LogP contribution in [0.1, 0.15) is 63.6 Å². The van der Waals surface area contributed by atoms with Crippen molar-refractivity contribution in [2.24, 2.45) is 30.6 Å². The molecule has 588 valence electrons. The third kappa shape index (κ3) is 23.5. The zero-order valence-electron chi connectivity index (χ0n) is 63.1. The summed E-state index contributed by atoms with van der Waals surface area (Å²) in [6.45, 7) is 6.03. The van der Waals surface area contributed by atoms with E-state index in [1.807, 2.05) is 117 Å². The molecule has 0 unspecified atom stereocenters. The second kappa shape index (κ2) is 38.8. The van der Waals surface area contributed by atoms with Gasteiger partial charge in [0.25, 0.3) is 22.7 Å². The van der Waals surface area contributed by atoms with E-state index in [9.17, 15) is 68.1 Å². The van der Waals surface area contributed by atoms with Crippen molar-refractivity contribution in [3.05, 3.63) is 233 Å². The molecule has 37 heteroatoms. The number of hydrogen-bond acceptors (Lipinski definition) is 30. The Kier molecular flexibility index (Phi) is 28.6. The van der Waals surface area contributed by atoms with Crippen LogP contribution in [0.15, 0.2) is 217 Å². The molecule has 10 aromatic rings. The highest BCUT2D eigenvalue weighted by molar-refractivity contribution is 8.15. The van der Waals surface area contributed by atoms with Gasteiger partial charge in [-0.25, -0.2) is 18.1 Å². The molecular formula is C78H72N18O14S5. The molecule has 5 heterocycles. The number of Topliss-reactive ketones (excluding diaryl/α,β-unsaturated/α-hetero) is 4. The van der Waals surface area contributed by atoms with Gasteiger partial charge in [-0.1, -0.05) is 54.2 Å². The highest BCUT2D eigenvalue weighted by atomic mass is 32.2. The van der Waals surface area contributed by atoms with E-state index in [-0.39, 0.29) is 62.3 Å². The summed E-state index contributed by atoms with van der Waals surface area (Å²) in [5, 5.41) is 80.0. The van der Waals surface area contributed by atoms with E-state index in [0.29, 0.717) is 108 Å². The average molecular weight is 1650 g/mol. The predicted octanol–water partition coefficient (Wildman–Crippen LogP) is 15.0. The fourth-order valence-corrected chi connectivity index (χ4v) is 14.6. The van der Waals surface area contributed by atoms with E-state index < -0.39 is 29.7 Å². The number of H-pyrrole nitrogens is 1. The number of rotatable bonds is 25. The number of nitrogens with one attached hydrogen (secondary N) is 2. The Morgan fingerprint density at radius 1 is 0.417 bits per heavy atom. The van der Waals surface area contributed by atoms with Crippen LogP contribution in [0.2, 0.25) is 0 Å². The molecule has 32 nitrogen and oxygen atoms in total. The van der Waals surface area contributed by atoms with Crippen LogP contribution in [0, 0.1) is 40.5 Å². The largest absolute Gasteiger partial charge is 0.378 e. The van der Waals surface area contributed by atoms with Gasteiger partial charge in [-0.15, -0.1) is 55.7 Å². The lowest BCUT2D eigenvalue weighted by Crippen LogP contribution is -2.18. The van der Waals surface area contributed by atoms with Crippen molar-refractivity contribution in [2.75, 3.05) is 68.0 Å². The molecule has 0 saturated carbocycles. The molecule has 8 aromatic carbocycles. The van der Waals surface area contributed by atoms with E-state index in [4.69, 9.17) is 0 Å². The average Bonchev–Trinajstić information content (AvgIpc) is 1.79. The number of nitro groups is 4. The minimum absolute atomic E-state index is 0.00953. The van der Waals surface area contributed by atoms with Crippen molar-refractivity contribution in [1.29, 1.82) is 0 Å². The lowest BCUT2D eigenvalue weighted by molar-refractivity contribution is -0.385. The zero-order valence-corrected chi connectivity index (χ0v) is 67.2. The smallest absolute Gasteiger partial charge is 0.270 e. The van der Waals surface area contributed by atoms with Crippen LogP contribution in [-0.4, -0.2) is 167 Å². The second-order valence-corrected chi connectivity index (χ2v) is 32.0. The van der Waals surface area contributed by atoms with Crippen LogP contribution in [0.4, 0.5) is 34.1 Å². The topological polar surface area (TPSA) is 435 Å². The van der Waals surface area contributed by atoms with Gasteiger partial charge in [0.15, 0.2) is 5.82 Å². The van der Waals surface area contributed by atoms with E-state index in [1.165, 1.54) is 130 Å². The van der Waals surface area contributed by atoms with E-state index in [0.717, 1.165) is 54.8 Å². The molecule has 2 aromatic heterocycles. The highest BCUT2D eigenvalue weighted by Gasteiger charge is 2.25. The van der Waals surface area contributed by atoms with Crippen molar-refractivity contribution in [1.82, 2.24) is 29.9 Å². The van der Waals surface area contributed by atoms with Crippen LogP contribution < -0.4 is 14.5 Å². The van der Waals surface area contributed by atoms with Crippen molar-refractivity contribution < 1.29 is 47.3 Å². The van der Waals surface area contributed by atoms with Crippen LogP contribution in [0.5, 0.6) is 0 Å². The number of carbonyl (C=O) groups is 4. The van der Waals surface area contributed by atoms with Gasteiger partial charge < -0.3 is 9.80 Å². The van der Waals surface area contributed by atoms with Gasteiger partial charge in [-0.3, -0.25) is 74.7 Å². The molecule has 0 amide bonds. The van der Waals surface area contributed by atoms with Crippen LogP contribution in [0.3, 0.4) is 0 Å². The maximum Gasteiger partial charge on any atom is 0.270 e. The maximum atomic E-state index is 12.1. The number of nitro benzene ring substituents is 4. The predicted molar refractivity (Wildman–Crippen MR) is 454 cm³/mol. The van der Waals surface area contributed by atoms with E-state index >= 15 is 0 Å². The highest BCUT2D eigenvalue weighted by Crippen LogP contribution is 2.37. The van der Waals surface area contributed by atoms with Gasteiger partial charge in [0, 0.05) is 142 Å². The van der Waals surface area contributed by atoms with Gasteiger partial charge in [0.1, 0.15) is 38.3 Å². The minimum atomic E-state index is -3.66. The van der Waals surface area contributed by atoms with Gasteiger partial charge in [0.2, 0.25) is 15.2 Å². The number of benzene rings is 8. The van der Waals surface area contributed by atoms with E-state index in [2.05, 4.69) is 60.5 Å². The van der Waals surface area contributed by atoms with Crippen LogP contribution >= 0.6 is 47.0 Å². The van der Waals surface area contributed by atoms with Crippen LogP contribution in [0.25, 0.3) is 66.9 Å². The Morgan fingerprint density at radius 3 is 1.22 bits per heavy atom. The number of nitrogens with zero attached hydrogens (tertiary/aromatic N) is 16. The number of carbonyl (C=O) groups excluding carboxylic acids is 4. The fraction of sp³-hybridized carbons (Fsp3) is 0.205. The van der Waals surface area contributed by atoms with Gasteiger partial charge >= 0.3 is 0 Å². The lowest BCUT2D eigenvalue weighted by Gasteiger charge is -2.14. The Hall–Kier alpha value is -12.6. The summed E-state index contributed by atoms with van der Waals surface area (Å²) in [5.74, 6) is 1.80. The quantitative estimate of drug-likeness (QED) is 0.0305. The summed E-state index contributed by atoms with van der Waals surface area (Å²) in [6.07, 6.45) is 4.51. The summed E-state index contributed by atoms with van der Waals surface area (Å²) < 4.78 is 26.5. The standard InChI is InChI=1S/2C20H20N4O3S.C19H14N6O3S.C19H18N4O5S2/c1-13(25)12-28-20-11-19(21-22-20)16-8-15(9-18(10-16)24(26)27)14-4-6-17(7-5-14)23(2)3;1-13(25)12-28-20-11-19(21-22-20)16-7-15(9-18(10-16)24(26)27)14-5-4-6-17(8-14)23(2)3;1-11(26)10-29-19-22-18(23-24-19)14-6-13(7-15(8-14)25(27)28)12-2-3-16-17(9-12)21-5-4-20-16;1-12(24)11-29-19-10-18(21-22-19)15-6-14(7-16(8-15)23(25)26)13-4-3-5-17(9-13)30(27,28)20-2/h2*4-10H,11-12H2,1-3H3;2-9H,10H2,1H3,(H,22,23,24);3-9,20H,10-11H2,1-2H3. The maximum absolute atomic E-state index is 12.1. The Balaban J connectivity index is 0.000000162. The molecule has 115 heavy (non-hydrogen) atoms. The van der Waals surface area contributed by atoms with Crippen molar-refractivity contribution in [3.8, 4) is 55.9 Å². The van der Waals surface area contributed by atoms with Gasteiger partial charge in [0.05, 0.1) is 75.8 Å². The molecule has 0 atom stereocenters. The molecular weight excluding hydrogens is 1570 g/mol.